The number of β-amino-alcohol motifs (C(OH)–C–C–N with tert-alkyl or cyclic N) is 1. The first-order chi connectivity index (χ1) is 11.6. The molecular formula is C14H29ClN2O6P2. The average Bonchev–Trinajstić information content (AvgIpc) is 2.97. The average molecular weight is 419 g/mol. The molecule has 2 heterocycles. The van der Waals surface area contributed by atoms with Crippen LogP contribution in [0.4, 0.5) is 0 Å². The summed E-state index contributed by atoms with van der Waals surface area (Å²) in [6.45, 7) is 4.73. The molecular weight excluding hydrogens is 390 g/mol. The number of carbonyl (C=O) groups is 2. The van der Waals surface area contributed by atoms with Gasteiger partial charge in [0.2, 0.25) is 0 Å². The zero-order valence-corrected chi connectivity index (χ0v) is 17.9. The van der Waals surface area contributed by atoms with Crippen LogP contribution in [0.5, 0.6) is 0 Å². The second kappa shape index (κ2) is 11.6. The number of carboxylic acids is 2. The highest BCUT2D eigenvalue weighted by Crippen LogP contribution is 2.29. The molecule has 148 valence electrons. The van der Waals surface area contributed by atoms with E-state index in [1.807, 2.05) is 6.92 Å². The highest BCUT2D eigenvalue weighted by molar-refractivity contribution is 7.13. The predicted octanol–water partition coefficient (Wildman–Crippen LogP) is 0.594. The van der Waals surface area contributed by atoms with E-state index < -0.39 is 30.1 Å². The minimum atomic E-state index is -0.871. The standard InChI is InChI=1S/C7H14NO3P.C6H12NO3P.CH3Cl/c1-4-5(11-2)3-8(12)6(4)7(9)10;1-3-4(8)2-7(11)5(3)6(9)10;1-2/h4-6H,3,12H2,1-2H3,(H,9,10);3-5,8H,2,11H2,1H3,(H,9,10);1H3/t4?,5-,6-;3?,4-,5-;/m00./s1. The molecule has 0 spiro atoms. The van der Waals surface area contributed by atoms with E-state index in [1.165, 1.54) is 6.38 Å². The first-order valence-electron chi connectivity index (χ1n) is 7.68. The molecule has 0 aliphatic carbocycles. The Morgan fingerprint density at radius 2 is 1.40 bits per heavy atom. The molecule has 0 aromatic heterocycles. The lowest BCUT2D eigenvalue weighted by Gasteiger charge is -2.17. The first kappa shape index (κ1) is 24.9. The summed E-state index contributed by atoms with van der Waals surface area (Å²) in [5, 5.41) is 26.8. The lowest BCUT2D eigenvalue weighted by molar-refractivity contribution is -0.142. The molecule has 8 nitrogen and oxygen atoms in total. The quantitative estimate of drug-likeness (QED) is 0.451. The second-order valence-electron chi connectivity index (χ2n) is 6.02. The summed E-state index contributed by atoms with van der Waals surface area (Å²) in [5.41, 5.74) is 0. The molecule has 3 N–H and O–H groups in total. The number of methoxy groups -OCH3 is 1. The maximum absolute atomic E-state index is 10.8. The van der Waals surface area contributed by atoms with E-state index in [1.54, 1.807) is 23.4 Å². The van der Waals surface area contributed by atoms with Gasteiger partial charge in [0.05, 0.1) is 12.2 Å². The molecule has 0 aromatic carbocycles. The van der Waals surface area contributed by atoms with Crippen molar-refractivity contribution in [3.05, 3.63) is 0 Å². The number of aliphatic hydroxyl groups is 1. The van der Waals surface area contributed by atoms with Gasteiger partial charge >= 0.3 is 11.9 Å². The monoisotopic (exact) mass is 418 g/mol. The van der Waals surface area contributed by atoms with Crippen molar-refractivity contribution in [2.45, 2.75) is 38.1 Å². The van der Waals surface area contributed by atoms with Crippen molar-refractivity contribution in [2.75, 3.05) is 26.6 Å². The number of ether oxygens (including phenoxy) is 1. The lowest BCUT2D eigenvalue weighted by Crippen LogP contribution is -2.33. The van der Waals surface area contributed by atoms with E-state index >= 15 is 0 Å². The summed E-state index contributed by atoms with van der Waals surface area (Å²) in [5.74, 6) is -1.80. The number of nitrogens with zero attached hydrogens (tertiary/aromatic N) is 2. The Kier molecular flexibility index (Phi) is 11.6. The summed E-state index contributed by atoms with van der Waals surface area (Å²) in [6, 6.07) is -0.991. The Hall–Kier alpha value is -0.0700. The summed E-state index contributed by atoms with van der Waals surface area (Å²) < 4.78 is 8.47. The molecule has 11 heteroatoms. The molecule has 4 unspecified atom stereocenters. The molecule has 0 saturated carbocycles. The van der Waals surface area contributed by atoms with Crippen molar-refractivity contribution in [1.29, 1.82) is 0 Å². The Labute approximate surface area is 158 Å². The maximum Gasteiger partial charge on any atom is 0.321 e. The van der Waals surface area contributed by atoms with Crippen LogP contribution in [-0.4, -0.2) is 87.5 Å². The van der Waals surface area contributed by atoms with Crippen molar-refractivity contribution >= 4 is 42.3 Å². The van der Waals surface area contributed by atoms with Crippen molar-refractivity contribution in [1.82, 2.24) is 9.34 Å². The Morgan fingerprint density at radius 3 is 1.60 bits per heavy atom. The highest BCUT2D eigenvalue weighted by Gasteiger charge is 2.42. The molecule has 25 heavy (non-hydrogen) atoms. The van der Waals surface area contributed by atoms with Crippen LogP contribution in [0.1, 0.15) is 13.8 Å². The van der Waals surface area contributed by atoms with Gasteiger partial charge in [0, 0.05) is 38.4 Å². The van der Waals surface area contributed by atoms with Gasteiger partial charge in [-0.3, -0.25) is 18.9 Å². The third kappa shape index (κ3) is 6.55. The number of rotatable bonds is 3. The molecule has 0 amide bonds. The summed E-state index contributed by atoms with van der Waals surface area (Å²) in [4.78, 5) is 21.4. The van der Waals surface area contributed by atoms with Gasteiger partial charge in [-0.05, 0) is 0 Å². The SMILES string of the molecule is CC1[C@@H](C(=O)O)N(P)C[C@@H]1O.CCl.CO[C@H]1CN(P)[C@H](C(=O)O)C1C. The van der Waals surface area contributed by atoms with Crippen LogP contribution >= 0.6 is 30.4 Å². The van der Waals surface area contributed by atoms with E-state index in [0.717, 1.165) is 0 Å². The normalized spacial score (nSPS) is 35.4. The minimum Gasteiger partial charge on any atom is -0.480 e. The molecule has 2 saturated heterocycles. The van der Waals surface area contributed by atoms with Crippen molar-refractivity contribution in [3.63, 3.8) is 0 Å². The van der Waals surface area contributed by atoms with E-state index in [2.05, 4.69) is 30.4 Å². The molecule has 2 aliphatic heterocycles. The van der Waals surface area contributed by atoms with Crippen molar-refractivity contribution in [2.24, 2.45) is 11.8 Å². The zero-order valence-electron chi connectivity index (χ0n) is 14.9. The fourth-order valence-electron chi connectivity index (χ4n) is 3.02. The fourth-order valence-corrected chi connectivity index (χ4v) is 4.25. The van der Waals surface area contributed by atoms with Crippen molar-refractivity contribution in [3.8, 4) is 0 Å². The van der Waals surface area contributed by atoms with Gasteiger partial charge in [0.25, 0.3) is 0 Å². The predicted molar refractivity (Wildman–Crippen MR) is 103 cm³/mol. The fraction of sp³-hybridized carbons (Fsp3) is 0.857. The smallest absolute Gasteiger partial charge is 0.321 e. The van der Waals surface area contributed by atoms with E-state index in [0.29, 0.717) is 13.1 Å². The summed E-state index contributed by atoms with van der Waals surface area (Å²) >= 11 is 4.64. The van der Waals surface area contributed by atoms with Crippen LogP contribution in [0.3, 0.4) is 0 Å². The Morgan fingerprint density at radius 1 is 1.00 bits per heavy atom. The van der Waals surface area contributed by atoms with Gasteiger partial charge in [-0.15, -0.1) is 11.6 Å². The maximum atomic E-state index is 10.8. The number of aliphatic carboxylic acids is 2. The van der Waals surface area contributed by atoms with Crippen LogP contribution in [0, 0.1) is 11.8 Å². The van der Waals surface area contributed by atoms with Crippen LogP contribution in [0.2, 0.25) is 0 Å². The molecule has 0 radical (unpaired) electrons. The number of halogens is 1. The molecule has 2 rings (SSSR count). The minimum absolute atomic E-state index is 0.0311. The largest absolute Gasteiger partial charge is 0.480 e. The Balaban J connectivity index is 0.000000421. The lowest BCUT2D eigenvalue weighted by atomic mass is 10.0. The van der Waals surface area contributed by atoms with Gasteiger partial charge in [0.15, 0.2) is 0 Å². The van der Waals surface area contributed by atoms with Gasteiger partial charge in [-0.25, -0.2) is 0 Å². The van der Waals surface area contributed by atoms with Gasteiger partial charge in [0.1, 0.15) is 12.1 Å². The van der Waals surface area contributed by atoms with Gasteiger partial charge < -0.3 is 20.1 Å². The van der Waals surface area contributed by atoms with Crippen LogP contribution in [0.25, 0.3) is 0 Å². The van der Waals surface area contributed by atoms with E-state index in [9.17, 15) is 14.7 Å². The van der Waals surface area contributed by atoms with Crippen LogP contribution < -0.4 is 0 Å². The third-order valence-corrected chi connectivity index (χ3v) is 5.57. The Bertz CT molecular complexity index is 448. The molecule has 8 atom stereocenters. The molecule has 0 bridgehead atoms. The van der Waals surface area contributed by atoms with E-state index in [4.69, 9.17) is 14.9 Å². The van der Waals surface area contributed by atoms with Crippen LogP contribution in [0.15, 0.2) is 0 Å². The number of aliphatic hydroxyl groups excluding tert-OH is 1. The van der Waals surface area contributed by atoms with Crippen LogP contribution in [-0.2, 0) is 14.3 Å². The highest BCUT2D eigenvalue weighted by atomic mass is 35.5. The number of alkyl halides is 1. The first-order valence-corrected chi connectivity index (χ1v) is 9.47. The topological polar surface area (TPSA) is 111 Å². The van der Waals surface area contributed by atoms with E-state index in [-0.39, 0.29) is 17.9 Å². The second-order valence-corrected chi connectivity index (χ2v) is 7.35. The number of hydrogen-bond acceptors (Lipinski definition) is 6. The molecule has 2 fully saturated rings. The summed E-state index contributed by atoms with van der Waals surface area (Å²) in [6.07, 6.45) is 0.984. The molecule has 2 aliphatic rings. The molecule has 0 aromatic rings. The summed E-state index contributed by atoms with van der Waals surface area (Å²) in [7, 11) is 6.36. The number of hydrogen-bond donors (Lipinski definition) is 3. The zero-order chi connectivity index (χ0) is 19.9. The van der Waals surface area contributed by atoms with Gasteiger partial charge in [-0.1, -0.05) is 32.6 Å². The van der Waals surface area contributed by atoms with Gasteiger partial charge in [-0.2, -0.15) is 0 Å². The number of carboxylic acid groups (broad SMARTS) is 2. The van der Waals surface area contributed by atoms with Crippen molar-refractivity contribution < 1.29 is 29.6 Å². The third-order valence-electron chi connectivity index (χ3n) is 4.50.